The summed E-state index contributed by atoms with van der Waals surface area (Å²) in [5.74, 6) is 0.756. The van der Waals surface area contributed by atoms with Gasteiger partial charge in [0.15, 0.2) is 0 Å². The molecule has 1 aromatic heterocycles. The summed E-state index contributed by atoms with van der Waals surface area (Å²) in [7, 11) is 0. The molecule has 1 saturated heterocycles. The monoisotopic (exact) mass is 303 g/mol. The Morgan fingerprint density at radius 3 is 3.00 bits per heavy atom. The van der Waals surface area contributed by atoms with E-state index in [9.17, 15) is 9.90 Å². The second-order valence-electron chi connectivity index (χ2n) is 5.94. The lowest BCUT2D eigenvalue weighted by Gasteiger charge is -2.42. The van der Waals surface area contributed by atoms with Gasteiger partial charge in [0.2, 0.25) is 0 Å². The molecule has 1 amide bonds. The molecule has 2 heterocycles. The molecule has 120 valence electrons. The fourth-order valence-corrected chi connectivity index (χ4v) is 3.04. The zero-order valence-electron chi connectivity index (χ0n) is 13.2. The number of nitrogens with zero attached hydrogens (tertiary/aromatic N) is 2. The Kier molecular flexibility index (Phi) is 5.55. The van der Waals surface area contributed by atoms with Gasteiger partial charge >= 0.3 is 0 Å². The van der Waals surface area contributed by atoms with Crippen LogP contribution >= 0.6 is 0 Å². The highest BCUT2D eigenvalue weighted by atomic mass is 16.3. The minimum atomic E-state index is -0.125. The van der Waals surface area contributed by atoms with E-state index < -0.39 is 0 Å². The van der Waals surface area contributed by atoms with E-state index in [0.29, 0.717) is 12.1 Å². The first-order chi connectivity index (χ1) is 10.6. The van der Waals surface area contributed by atoms with Crippen molar-refractivity contribution in [3.05, 3.63) is 36.5 Å². The average molecular weight is 303 g/mol. The summed E-state index contributed by atoms with van der Waals surface area (Å²) in [6, 6.07) is 3.68. The molecule has 0 spiro atoms. The number of aliphatic hydroxyl groups is 1. The van der Waals surface area contributed by atoms with E-state index in [2.05, 4.69) is 21.8 Å². The van der Waals surface area contributed by atoms with Crippen LogP contribution in [0.3, 0.4) is 0 Å². The first-order valence-corrected chi connectivity index (χ1v) is 7.85. The van der Waals surface area contributed by atoms with Crippen molar-refractivity contribution in [1.82, 2.24) is 10.3 Å². The smallest absolute Gasteiger partial charge is 0.252 e. The molecule has 1 fully saturated rings. The van der Waals surface area contributed by atoms with E-state index >= 15 is 0 Å². The summed E-state index contributed by atoms with van der Waals surface area (Å²) in [4.78, 5) is 18.4. The number of nitrogens with one attached hydrogen (secondary N) is 1. The van der Waals surface area contributed by atoms with Crippen LogP contribution in [-0.2, 0) is 0 Å². The van der Waals surface area contributed by atoms with Crippen molar-refractivity contribution in [3.8, 4) is 0 Å². The van der Waals surface area contributed by atoms with E-state index in [1.165, 1.54) is 0 Å². The third kappa shape index (κ3) is 3.65. The summed E-state index contributed by atoms with van der Waals surface area (Å²) in [5.41, 5.74) is 0.446. The molecule has 0 bridgehead atoms. The van der Waals surface area contributed by atoms with Crippen molar-refractivity contribution in [2.45, 2.75) is 26.2 Å². The summed E-state index contributed by atoms with van der Waals surface area (Å²) in [5, 5.41) is 12.5. The van der Waals surface area contributed by atoms with Crippen molar-refractivity contribution in [2.24, 2.45) is 5.41 Å². The van der Waals surface area contributed by atoms with Gasteiger partial charge in [0, 0.05) is 31.2 Å². The summed E-state index contributed by atoms with van der Waals surface area (Å²) < 4.78 is 0. The Bertz CT molecular complexity index is 515. The summed E-state index contributed by atoms with van der Waals surface area (Å²) in [6.45, 7) is 8.15. The number of allylic oxidation sites excluding steroid dienone is 1. The van der Waals surface area contributed by atoms with Crippen LogP contribution in [0.25, 0.3) is 0 Å². The molecular weight excluding hydrogens is 278 g/mol. The Morgan fingerprint density at radius 2 is 2.41 bits per heavy atom. The maximum atomic E-state index is 11.8. The van der Waals surface area contributed by atoms with E-state index in [1.807, 2.05) is 19.1 Å². The molecule has 0 aliphatic carbocycles. The Balaban J connectivity index is 2.10. The van der Waals surface area contributed by atoms with Crippen LogP contribution in [0.15, 0.2) is 31.0 Å². The summed E-state index contributed by atoms with van der Waals surface area (Å²) in [6.07, 6.45) is 6.32. The van der Waals surface area contributed by atoms with Gasteiger partial charge in [-0.1, -0.05) is 6.08 Å². The number of hydrogen-bond donors (Lipinski definition) is 2. The van der Waals surface area contributed by atoms with Gasteiger partial charge in [0.25, 0.3) is 5.91 Å². The minimum absolute atomic E-state index is 0.100. The maximum Gasteiger partial charge on any atom is 0.252 e. The highest BCUT2D eigenvalue weighted by Gasteiger charge is 2.34. The first kappa shape index (κ1) is 16.5. The predicted molar refractivity (Wildman–Crippen MR) is 88.0 cm³/mol. The average Bonchev–Trinajstić information content (AvgIpc) is 2.56. The van der Waals surface area contributed by atoms with E-state index in [0.717, 1.165) is 38.2 Å². The van der Waals surface area contributed by atoms with Gasteiger partial charge in [-0.05, 0) is 38.3 Å². The molecule has 1 aromatic rings. The quantitative estimate of drug-likeness (QED) is 0.789. The molecule has 2 N–H and O–H groups in total. The third-order valence-corrected chi connectivity index (χ3v) is 4.25. The molecule has 2 rings (SSSR count). The van der Waals surface area contributed by atoms with Crippen molar-refractivity contribution < 1.29 is 9.90 Å². The van der Waals surface area contributed by atoms with Gasteiger partial charge in [-0.2, -0.15) is 0 Å². The predicted octanol–water partition coefficient (Wildman–Crippen LogP) is 1.99. The number of aromatic nitrogens is 1. The number of carbonyl (C=O) groups is 1. The van der Waals surface area contributed by atoms with E-state index in [4.69, 9.17) is 0 Å². The van der Waals surface area contributed by atoms with Gasteiger partial charge < -0.3 is 15.3 Å². The van der Waals surface area contributed by atoms with Crippen LogP contribution in [0.1, 0.15) is 36.5 Å². The lowest BCUT2D eigenvalue weighted by molar-refractivity contribution is 0.0955. The lowest BCUT2D eigenvalue weighted by Crippen LogP contribution is -2.45. The Morgan fingerprint density at radius 1 is 1.59 bits per heavy atom. The van der Waals surface area contributed by atoms with Gasteiger partial charge in [0.1, 0.15) is 5.82 Å². The van der Waals surface area contributed by atoms with Crippen LogP contribution in [0.5, 0.6) is 0 Å². The SMILES string of the molecule is C=CC[C@]1(CO)CCCN(c2ccc(C(=O)NCC)cn2)C1. The van der Waals surface area contributed by atoms with Crippen molar-refractivity contribution >= 4 is 11.7 Å². The van der Waals surface area contributed by atoms with Gasteiger partial charge in [-0.15, -0.1) is 6.58 Å². The van der Waals surface area contributed by atoms with Gasteiger partial charge in [-0.25, -0.2) is 4.98 Å². The highest BCUT2D eigenvalue weighted by molar-refractivity contribution is 5.93. The highest BCUT2D eigenvalue weighted by Crippen LogP contribution is 2.34. The molecule has 5 nitrogen and oxygen atoms in total. The zero-order valence-corrected chi connectivity index (χ0v) is 13.2. The standard InChI is InChI=1S/C17H25N3O2/c1-3-8-17(13-21)9-5-10-20(12-17)15-7-6-14(11-19-15)16(22)18-4-2/h3,6-7,11,21H,1,4-5,8-10,12-13H2,2H3,(H,18,22)/t17-/m0/s1. The molecule has 0 saturated carbocycles. The number of carbonyl (C=O) groups excluding carboxylic acids is 1. The fraction of sp³-hybridized carbons (Fsp3) is 0.529. The largest absolute Gasteiger partial charge is 0.396 e. The second kappa shape index (κ2) is 7.40. The molecule has 5 heteroatoms. The van der Waals surface area contributed by atoms with Crippen molar-refractivity contribution in [2.75, 3.05) is 31.1 Å². The number of piperidine rings is 1. The van der Waals surface area contributed by atoms with Crippen molar-refractivity contribution in [3.63, 3.8) is 0 Å². The van der Waals surface area contributed by atoms with Gasteiger partial charge in [-0.3, -0.25) is 4.79 Å². The number of rotatable bonds is 6. The minimum Gasteiger partial charge on any atom is -0.396 e. The molecule has 1 aliphatic rings. The van der Waals surface area contributed by atoms with Crippen molar-refractivity contribution in [1.29, 1.82) is 0 Å². The van der Waals surface area contributed by atoms with E-state index in [-0.39, 0.29) is 17.9 Å². The zero-order chi connectivity index (χ0) is 16.0. The van der Waals surface area contributed by atoms with Gasteiger partial charge in [0.05, 0.1) is 12.2 Å². The molecular formula is C17H25N3O2. The fourth-order valence-electron chi connectivity index (χ4n) is 3.04. The topological polar surface area (TPSA) is 65.5 Å². The maximum absolute atomic E-state index is 11.8. The molecule has 22 heavy (non-hydrogen) atoms. The lowest BCUT2D eigenvalue weighted by atomic mass is 9.78. The molecule has 1 aliphatic heterocycles. The molecule has 0 radical (unpaired) electrons. The number of hydrogen-bond acceptors (Lipinski definition) is 4. The van der Waals surface area contributed by atoms with Crippen LogP contribution in [0, 0.1) is 5.41 Å². The first-order valence-electron chi connectivity index (χ1n) is 7.85. The Labute approximate surface area is 132 Å². The normalized spacial score (nSPS) is 21.5. The van der Waals surface area contributed by atoms with Crippen LogP contribution in [-0.4, -0.2) is 42.2 Å². The number of anilines is 1. The third-order valence-electron chi connectivity index (χ3n) is 4.25. The Hall–Kier alpha value is -1.88. The number of pyridine rings is 1. The second-order valence-corrected chi connectivity index (χ2v) is 5.94. The molecule has 1 atom stereocenters. The summed E-state index contributed by atoms with van der Waals surface area (Å²) >= 11 is 0. The van der Waals surface area contributed by atoms with Crippen LogP contribution < -0.4 is 10.2 Å². The van der Waals surface area contributed by atoms with Crippen LogP contribution in [0.4, 0.5) is 5.82 Å². The molecule has 0 aromatic carbocycles. The number of amides is 1. The van der Waals surface area contributed by atoms with E-state index in [1.54, 1.807) is 12.3 Å². The molecule has 0 unspecified atom stereocenters. The van der Waals surface area contributed by atoms with Crippen LogP contribution in [0.2, 0.25) is 0 Å². The number of aliphatic hydroxyl groups excluding tert-OH is 1.